The van der Waals surface area contributed by atoms with E-state index in [1.54, 1.807) is 0 Å². The molecule has 0 N–H and O–H groups in total. The number of aryl methyl sites for hydroxylation is 5. The summed E-state index contributed by atoms with van der Waals surface area (Å²) in [5.41, 5.74) is 7.33. The zero-order valence-corrected chi connectivity index (χ0v) is 52.3. The lowest BCUT2D eigenvalue weighted by Gasteiger charge is -2.10. The van der Waals surface area contributed by atoms with Crippen molar-refractivity contribution in [2.24, 2.45) is 0 Å². The zero-order valence-electron chi connectivity index (χ0n) is 65.3. The minimum Gasteiger partial charge on any atom is -0.264 e. The highest BCUT2D eigenvalue weighted by atomic mass is 14.7. The highest BCUT2D eigenvalue weighted by molar-refractivity contribution is 6.29. The zero-order chi connectivity index (χ0) is 75.6. The molecule has 0 aliphatic heterocycles. The molecule has 4 nitrogen and oxygen atoms in total. The maximum absolute atomic E-state index is 7.59. The van der Waals surface area contributed by atoms with Crippen molar-refractivity contribution in [3.05, 3.63) is 338 Å². The Labute approximate surface area is 570 Å². The van der Waals surface area contributed by atoms with Crippen molar-refractivity contribution in [1.29, 1.82) is 0 Å². The molecule has 20 rings (SSSR count). The van der Waals surface area contributed by atoms with Gasteiger partial charge in [-0.25, -0.2) is 0 Å². The molecule has 0 saturated heterocycles. The molecule has 0 saturated carbocycles. The van der Waals surface area contributed by atoms with Gasteiger partial charge in [-0.2, -0.15) is 0 Å². The van der Waals surface area contributed by atoms with Gasteiger partial charge in [0.25, 0.3) is 0 Å². The van der Waals surface area contributed by atoms with E-state index in [1.807, 2.05) is 73.6 Å². The maximum Gasteiger partial charge on any atom is 0.0786 e. The average Bonchev–Trinajstić information content (AvgIpc) is 0.779. The Bertz CT molecular complexity index is 5490. The summed E-state index contributed by atoms with van der Waals surface area (Å²) >= 11 is 0. The van der Waals surface area contributed by atoms with Crippen LogP contribution in [0.5, 0.6) is 0 Å². The number of pyridine rings is 4. The monoisotopic (exact) mass is 1240 g/mol. The van der Waals surface area contributed by atoms with Crippen molar-refractivity contribution in [3.63, 3.8) is 0 Å². The Morgan fingerprint density at radius 3 is 0.716 bits per heavy atom. The van der Waals surface area contributed by atoms with Crippen molar-refractivity contribution in [2.75, 3.05) is 0 Å². The lowest BCUT2D eigenvalue weighted by Crippen LogP contribution is -1.86. The third kappa shape index (κ3) is 10.6. The van der Waals surface area contributed by atoms with Crippen molar-refractivity contribution in [1.82, 2.24) is 19.9 Å². The first-order valence-corrected chi connectivity index (χ1v) is 31.9. The topological polar surface area (TPSA) is 51.6 Å². The third-order valence-corrected chi connectivity index (χ3v) is 18.5. The average molecular weight is 1240 g/mol. The van der Waals surface area contributed by atoms with Crippen LogP contribution in [0, 0.1) is 34.5 Å². The second-order valence-electron chi connectivity index (χ2n) is 24.3. The highest BCUT2D eigenvalue weighted by Crippen LogP contribution is 2.40. The molecule has 16 aromatic carbocycles. The molecule has 458 valence electrons. The summed E-state index contributed by atoms with van der Waals surface area (Å²) < 4.78 is 77.9. The summed E-state index contributed by atoms with van der Waals surface area (Å²) in [6.45, 7) is 1.58. The second kappa shape index (κ2) is 24.6. The van der Waals surface area contributed by atoms with Gasteiger partial charge in [-0.15, -0.1) is 0 Å². The van der Waals surface area contributed by atoms with Gasteiger partial charge in [-0.1, -0.05) is 277 Å². The fraction of sp³-hybridized carbons (Fsp3) is 0.0549. The van der Waals surface area contributed by atoms with E-state index < -0.39 is 0 Å². The van der Waals surface area contributed by atoms with Gasteiger partial charge in [-0.05, 0) is 177 Å². The molecular formula is C91H74N4. The predicted molar refractivity (Wildman–Crippen MR) is 418 cm³/mol. The van der Waals surface area contributed by atoms with E-state index in [9.17, 15) is 0 Å². The molecule has 0 radical (unpaired) electrons. The van der Waals surface area contributed by atoms with Crippen molar-refractivity contribution >= 4 is 162 Å². The molecule has 0 aliphatic rings. The Kier molecular flexibility index (Phi) is 12.6. The molecule has 4 heterocycles. The quantitative estimate of drug-likeness (QED) is 0.142. The van der Waals surface area contributed by atoms with Crippen LogP contribution in [0.2, 0.25) is 0 Å². The van der Waals surface area contributed by atoms with Crippen LogP contribution in [-0.4, -0.2) is 19.9 Å². The lowest BCUT2D eigenvalue weighted by molar-refractivity contribution is 1.37. The van der Waals surface area contributed by atoms with E-state index in [0.29, 0.717) is 34.5 Å². The molecule has 95 heavy (non-hydrogen) atoms. The molecule has 20 aromatic rings. The first-order chi connectivity index (χ1) is 53.4. The van der Waals surface area contributed by atoms with Crippen LogP contribution in [0.25, 0.3) is 162 Å². The van der Waals surface area contributed by atoms with Gasteiger partial charge in [0.15, 0.2) is 0 Å². The van der Waals surface area contributed by atoms with Crippen LogP contribution >= 0.6 is 0 Å². The molecule has 0 fully saturated rings. The van der Waals surface area contributed by atoms with Crippen LogP contribution in [-0.2, 0) is 0 Å². The number of nitrogens with zero attached hydrogens (tertiary/aromatic N) is 4. The fourth-order valence-corrected chi connectivity index (χ4v) is 14.3. The summed E-state index contributed by atoms with van der Waals surface area (Å²) in [6, 6.07) is 94.7. The van der Waals surface area contributed by atoms with E-state index in [0.717, 1.165) is 49.6 Å². The SMILES string of the molecule is [2H]Cc1ccc2c(c1)c1ccccc1c1cccnc12.[2H]Cc1ccc2c3ccccc3c3ccccc3c2c1.[2H]Cc1ccc2c3ccccc3c3ncccc3c2c1.[2H]Cc1ccc2c3ccncc3c3ccccc3c2c1.[2H]Cc1ccc2c3cnccc3c3ccccc3c2c1.[2H][2H].[2H][2H].[2H][2H].[2H][2H]. The summed E-state index contributed by atoms with van der Waals surface area (Å²) in [7, 11) is 0. The van der Waals surface area contributed by atoms with Crippen LogP contribution in [0.15, 0.2) is 310 Å². The lowest BCUT2D eigenvalue weighted by atomic mass is 9.93. The number of hydrogen-bond acceptors (Lipinski definition) is 4. The minimum absolute atomic E-state index is 0.310. The summed E-state index contributed by atoms with van der Waals surface area (Å²) in [5.74, 6) is 0. The van der Waals surface area contributed by atoms with Crippen LogP contribution in [0.3, 0.4) is 0 Å². The van der Waals surface area contributed by atoms with Gasteiger partial charge in [0, 0.05) is 88.2 Å². The summed E-state index contributed by atoms with van der Waals surface area (Å²) in [5, 5.41) is 34.4. The summed E-state index contributed by atoms with van der Waals surface area (Å²) in [4.78, 5) is 17.7. The molecular weight excluding hydrogens is 1150 g/mol. The Balaban J connectivity index is 0.000000123. The molecule has 4 aromatic heterocycles. The molecule has 0 aliphatic carbocycles. The number of aromatic nitrogens is 4. The molecule has 0 amide bonds. The number of rotatable bonds is 0. The smallest absolute Gasteiger partial charge is 0.0786 e. The highest BCUT2D eigenvalue weighted by Gasteiger charge is 2.14. The van der Waals surface area contributed by atoms with E-state index in [-0.39, 0.29) is 0 Å². The number of hydrogen-bond donors (Lipinski definition) is 0. The van der Waals surface area contributed by atoms with Gasteiger partial charge >= 0.3 is 0 Å². The standard InChI is InChI=1S/C19H14.4C18H13N.4H2/c1-13-10-11-18-16-8-3-2-6-14(16)15-7-4-5-9-17(15)19(18)12-13;1-12-8-9-14-13-5-2-3-6-15(13)18-16(17(14)11-12)7-4-10-19-18;1-12-8-9-16-17(11-12)14-6-3-2-5-13(14)15-7-4-10-19-18(15)16;1-12-6-7-15-16-8-9-19-11-18(16)14-5-3-2-4-13(14)17(15)10-12;1-12-6-7-15-17(10-12)14-5-3-2-4-13(14)16-8-9-19-11-18(15)16;;;;/h2-12H,1H3;4*2-11H,1H3;4*1H/i5*1D;4*1+1D. The van der Waals surface area contributed by atoms with Crippen molar-refractivity contribution in [2.45, 2.75) is 34.5 Å². The minimum atomic E-state index is 0.310. The predicted octanol–water partition coefficient (Wildman–Crippen LogP) is 25.8. The van der Waals surface area contributed by atoms with Crippen LogP contribution in [0.4, 0.5) is 0 Å². The van der Waals surface area contributed by atoms with E-state index in [4.69, 9.17) is 18.7 Å². The maximum atomic E-state index is 7.59. The summed E-state index contributed by atoms with van der Waals surface area (Å²) in [6.07, 6.45) is 11.2. The first kappa shape index (κ1) is 48.8. The van der Waals surface area contributed by atoms with Crippen LogP contribution < -0.4 is 0 Å². The first-order valence-electron chi connectivity index (χ1n) is 39.4. The van der Waals surface area contributed by atoms with Gasteiger partial charge in [0.2, 0.25) is 0 Å². The van der Waals surface area contributed by atoms with E-state index in [1.165, 1.54) is 140 Å². The normalized spacial score (nSPS) is 12.4. The molecule has 0 bridgehead atoms. The van der Waals surface area contributed by atoms with Gasteiger partial charge < -0.3 is 0 Å². The second-order valence-corrected chi connectivity index (χ2v) is 24.3. The number of benzene rings is 16. The van der Waals surface area contributed by atoms with Crippen molar-refractivity contribution in [3.8, 4) is 0 Å². The Hall–Kier alpha value is -12.0. The molecule has 4 heteroatoms. The Morgan fingerprint density at radius 1 is 0.200 bits per heavy atom. The van der Waals surface area contributed by atoms with Gasteiger partial charge in [-0.3, -0.25) is 19.9 Å². The van der Waals surface area contributed by atoms with Crippen molar-refractivity contribution < 1.29 is 18.7 Å². The molecule has 0 atom stereocenters. The van der Waals surface area contributed by atoms with Gasteiger partial charge in [0.05, 0.1) is 11.0 Å². The van der Waals surface area contributed by atoms with Gasteiger partial charge in [0.1, 0.15) is 0 Å². The third-order valence-electron chi connectivity index (χ3n) is 18.5. The fourth-order valence-electron chi connectivity index (χ4n) is 14.3. The van der Waals surface area contributed by atoms with Crippen LogP contribution in [0.1, 0.15) is 46.5 Å². The molecule has 0 unspecified atom stereocenters. The largest absolute Gasteiger partial charge is 0.264 e. The molecule has 0 spiro atoms. The Morgan fingerprint density at radius 2 is 0.400 bits per heavy atom. The van der Waals surface area contributed by atoms with E-state index >= 15 is 0 Å². The number of fused-ring (bicyclic) bond motifs is 30. The van der Waals surface area contributed by atoms with E-state index in [2.05, 4.69) is 257 Å².